The Morgan fingerprint density at radius 3 is 2.69 bits per heavy atom. The topological polar surface area (TPSA) is 63.1 Å². The highest BCUT2D eigenvalue weighted by Gasteiger charge is 2.47. The molecule has 2 rings (SSSR count). The van der Waals surface area contributed by atoms with E-state index in [0.717, 1.165) is 0 Å². The fourth-order valence-electron chi connectivity index (χ4n) is 1.82. The number of nitrogens with zero attached hydrogens (tertiary/aromatic N) is 2. The van der Waals surface area contributed by atoms with Crippen molar-refractivity contribution in [2.75, 3.05) is 0 Å². The van der Waals surface area contributed by atoms with Gasteiger partial charge in [0.2, 0.25) is 5.92 Å². The van der Waals surface area contributed by atoms with Crippen LogP contribution < -0.4 is 0 Å². The number of aromatic carboxylic acids is 1. The molecule has 0 aromatic carbocycles. The van der Waals surface area contributed by atoms with E-state index in [1.807, 2.05) is 0 Å². The molecule has 0 amide bonds. The second-order valence-corrected chi connectivity index (χ2v) is 3.98. The van der Waals surface area contributed by atoms with Crippen LogP contribution in [0.5, 0.6) is 0 Å². The van der Waals surface area contributed by atoms with Gasteiger partial charge in [0.1, 0.15) is 5.82 Å². The standard InChI is InChI=1S/C10H10F2N2O2/c1-5-13-4-7(9(15)16)8(14-5)6-2-10(11,12)3-6/h4,6H,2-3H2,1H3,(H,15,16). The Bertz CT molecular complexity index is 440. The first-order valence-corrected chi connectivity index (χ1v) is 4.84. The van der Waals surface area contributed by atoms with E-state index in [2.05, 4.69) is 9.97 Å². The van der Waals surface area contributed by atoms with Crippen LogP contribution in [0.1, 0.15) is 40.6 Å². The smallest absolute Gasteiger partial charge is 0.339 e. The molecule has 0 unspecified atom stereocenters. The van der Waals surface area contributed by atoms with Gasteiger partial charge in [0.25, 0.3) is 0 Å². The maximum absolute atomic E-state index is 12.7. The molecule has 1 fully saturated rings. The third-order valence-electron chi connectivity index (χ3n) is 2.65. The number of aromatic nitrogens is 2. The van der Waals surface area contributed by atoms with Crippen LogP contribution in [0, 0.1) is 6.92 Å². The highest BCUT2D eigenvalue weighted by molar-refractivity contribution is 5.88. The maximum Gasteiger partial charge on any atom is 0.339 e. The molecule has 16 heavy (non-hydrogen) atoms. The van der Waals surface area contributed by atoms with Crippen molar-refractivity contribution in [2.24, 2.45) is 0 Å². The number of carbonyl (C=O) groups is 1. The minimum absolute atomic E-state index is 0.0777. The lowest BCUT2D eigenvalue weighted by Gasteiger charge is -2.34. The van der Waals surface area contributed by atoms with Gasteiger partial charge in [-0.25, -0.2) is 23.5 Å². The van der Waals surface area contributed by atoms with E-state index in [9.17, 15) is 13.6 Å². The molecule has 1 aliphatic rings. The molecule has 0 spiro atoms. The monoisotopic (exact) mass is 228 g/mol. The van der Waals surface area contributed by atoms with Crippen LogP contribution in [0.3, 0.4) is 0 Å². The molecule has 0 aliphatic heterocycles. The molecule has 86 valence electrons. The molecule has 0 atom stereocenters. The Hall–Kier alpha value is -1.59. The van der Waals surface area contributed by atoms with Gasteiger partial charge in [0.15, 0.2) is 0 Å². The summed E-state index contributed by atoms with van der Waals surface area (Å²) in [4.78, 5) is 18.6. The van der Waals surface area contributed by atoms with Crippen molar-refractivity contribution >= 4 is 5.97 Å². The molecule has 1 aromatic heterocycles. The molecular weight excluding hydrogens is 218 g/mol. The number of halogens is 2. The lowest BCUT2D eigenvalue weighted by molar-refractivity contribution is -0.0878. The van der Waals surface area contributed by atoms with Crippen molar-refractivity contribution in [2.45, 2.75) is 31.6 Å². The highest BCUT2D eigenvalue weighted by Crippen LogP contribution is 2.48. The number of carboxylic acids is 1. The lowest BCUT2D eigenvalue weighted by atomic mass is 9.78. The molecule has 4 nitrogen and oxygen atoms in total. The Labute approximate surface area is 90.3 Å². The van der Waals surface area contributed by atoms with Gasteiger partial charge in [-0.3, -0.25) is 0 Å². The summed E-state index contributed by atoms with van der Waals surface area (Å²) in [7, 11) is 0. The van der Waals surface area contributed by atoms with Gasteiger partial charge in [-0.2, -0.15) is 0 Å². The number of carboxylic acid groups (broad SMARTS) is 1. The van der Waals surface area contributed by atoms with E-state index in [0.29, 0.717) is 5.82 Å². The van der Waals surface area contributed by atoms with Crippen molar-refractivity contribution in [1.29, 1.82) is 0 Å². The summed E-state index contributed by atoms with van der Waals surface area (Å²) in [6.45, 7) is 1.60. The quantitative estimate of drug-likeness (QED) is 0.840. The van der Waals surface area contributed by atoms with Crippen LogP contribution in [-0.4, -0.2) is 27.0 Å². The van der Waals surface area contributed by atoms with Gasteiger partial charge in [0, 0.05) is 25.0 Å². The first-order chi connectivity index (χ1) is 7.39. The Morgan fingerprint density at radius 1 is 1.56 bits per heavy atom. The van der Waals surface area contributed by atoms with Crippen molar-refractivity contribution < 1.29 is 18.7 Å². The molecule has 1 aliphatic carbocycles. The summed E-state index contributed by atoms with van der Waals surface area (Å²) in [6, 6.07) is 0. The summed E-state index contributed by atoms with van der Waals surface area (Å²) in [5.41, 5.74) is 0.150. The van der Waals surface area contributed by atoms with Crippen LogP contribution >= 0.6 is 0 Å². The zero-order valence-electron chi connectivity index (χ0n) is 8.57. The molecule has 0 saturated heterocycles. The third-order valence-corrected chi connectivity index (χ3v) is 2.65. The molecule has 1 N–H and O–H groups in total. The SMILES string of the molecule is Cc1ncc(C(=O)O)c(C2CC(F)(F)C2)n1. The van der Waals surface area contributed by atoms with Crippen LogP contribution in [-0.2, 0) is 0 Å². The van der Waals surface area contributed by atoms with Crippen LogP contribution in [0.2, 0.25) is 0 Å². The minimum atomic E-state index is -2.68. The lowest BCUT2D eigenvalue weighted by Crippen LogP contribution is -2.35. The average molecular weight is 228 g/mol. The van der Waals surface area contributed by atoms with Crippen molar-refractivity contribution in [3.8, 4) is 0 Å². The summed E-state index contributed by atoms with van der Waals surface area (Å²) in [5.74, 6) is -3.93. The molecule has 0 bridgehead atoms. The Morgan fingerprint density at radius 2 is 2.19 bits per heavy atom. The predicted molar refractivity (Wildman–Crippen MR) is 50.7 cm³/mol. The minimum Gasteiger partial charge on any atom is -0.478 e. The number of aryl methyl sites for hydroxylation is 1. The van der Waals surface area contributed by atoms with Gasteiger partial charge in [-0.15, -0.1) is 0 Å². The summed E-state index contributed by atoms with van der Waals surface area (Å²) in [6.07, 6.45) is 0.518. The predicted octanol–water partition coefficient (Wildman–Crippen LogP) is 2.00. The van der Waals surface area contributed by atoms with Crippen LogP contribution in [0.25, 0.3) is 0 Å². The Kier molecular flexibility index (Phi) is 2.36. The maximum atomic E-state index is 12.7. The Balaban J connectivity index is 2.33. The molecule has 1 aromatic rings. The van der Waals surface area contributed by atoms with Crippen molar-refractivity contribution in [3.05, 3.63) is 23.3 Å². The number of rotatable bonds is 2. The number of alkyl halides is 2. The second-order valence-electron chi connectivity index (χ2n) is 3.98. The molecule has 0 radical (unpaired) electrons. The van der Waals surface area contributed by atoms with E-state index in [-0.39, 0.29) is 24.1 Å². The zero-order chi connectivity index (χ0) is 11.9. The normalized spacial score (nSPS) is 19.2. The van der Waals surface area contributed by atoms with E-state index in [1.165, 1.54) is 6.20 Å². The highest BCUT2D eigenvalue weighted by atomic mass is 19.3. The summed E-state index contributed by atoms with van der Waals surface area (Å²) >= 11 is 0. The third kappa shape index (κ3) is 1.87. The van der Waals surface area contributed by atoms with Crippen LogP contribution in [0.15, 0.2) is 6.20 Å². The largest absolute Gasteiger partial charge is 0.478 e. The fourth-order valence-corrected chi connectivity index (χ4v) is 1.82. The van der Waals surface area contributed by atoms with Crippen LogP contribution in [0.4, 0.5) is 8.78 Å². The summed E-state index contributed by atoms with van der Waals surface area (Å²) < 4.78 is 25.4. The number of hydrogen-bond acceptors (Lipinski definition) is 3. The second kappa shape index (κ2) is 3.47. The zero-order valence-corrected chi connectivity index (χ0v) is 8.57. The first kappa shape index (κ1) is 10.9. The molecule has 1 heterocycles. The fraction of sp³-hybridized carbons (Fsp3) is 0.500. The summed E-state index contributed by atoms with van der Waals surface area (Å²) in [5, 5.41) is 8.89. The first-order valence-electron chi connectivity index (χ1n) is 4.84. The van der Waals surface area contributed by atoms with Gasteiger partial charge in [-0.1, -0.05) is 0 Å². The molecular formula is C10H10F2N2O2. The van der Waals surface area contributed by atoms with E-state index in [1.54, 1.807) is 6.92 Å². The average Bonchev–Trinajstić information content (AvgIpc) is 2.13. The van der Waals surface area contributed by atoms with Gasteiger partial charge in [0.05, 0.1) is 11.3 Å². The number of hydrogen-bond donors (Lipinski definition) is 1. The van der Waals surface area contributed by atoms with Crippen molar-refractivity contribution in [1.82, 2.24) is 9.97 Å². The van der Waals surface area contributed by atoms with Gasteiger partial charge in [-0.05, 0) is 6.92 Å². The molecule has 1 saturated carbocycles. The van der Waals surface area contributed by atoms with Gasteiger partial charge >= 0.3 is 5.97 Å². The van der Waals surface area contributed by atoms with E-state index >= 15 is 0 Å². The van der Waals surface area contributed by atoms with E-state index < -0.39 is 17.8 Å². The molecule has 6 heteroatoms. The van der Waals surface area contributed by atoms with Crippen molar-refractivity contribution in [3.63, 3.8) is 0 Å². The van der Waals surface area contributed by atoms with Gasteiger partial charge < -0.3 is 5.11 Å². The van der Waals surface area contributed by atoms with E-state index in [4.69, 9.17) is 5.11 Å².